The average molecular weight is 384 g/mol. The minimum absolute atomic E-state index is 0.174. The number of benzene rings is 3. The van der Waals surface area contributed by atoms with Crippen molar-refractivity contribution in [1.29, 1.82) is 0 Å². The highest BCUT2D eigenvalue weighted by molar-refractivity contribution is 6.04. The van der Waals surface area contributed by atoms with Crippen molar-refractivity contribution in [3.63, 3.8) is 0 Å². The lowest BCUT2D eigenvalue weighted by molar-refractivity contribution is 0.102. The van der Waals surface area contributed by atoms with E-state index in [1.165, 1.54) is 16.6 Å². The Balaban J connectivity index is 1.37. The van der Waals surface area contributed by atoms with Gasteiger partial charge in [0.1, 0.15) is 6.33 Å². The number of nitrogens with zero attached hydrogens (tertiary/aromatic N) is 4. The lowest BCUT2D eigenvalue weighted by Gasteiger charge is -2.16. The molecule has 0 spiro atoms. The van der Waals surface area contributed by atoms with Gasteiger partial charge in [0.25, 0.3) is 5.91 Å². The summed E-state index contributed by atoms with van der Waals surface area (Å²) in [5.41, 5.74) is 4.29. The summed E-state index contributed by atoms with van der Waals surface area (Å²) in [6, 6.07) is 25.2. The van der Waals surface area contributed by atoms with Crippen molar-refractivity contribution in [2.24, 2.45) is 0 Å². The molecule has 1 aromatic heterocycles. The molecule has 29 heavy (non-hydrogen) atoms. The largest absolute Gasteiger partial charge is 0.379 e. The number of carbonyl (C=O) groups is 1. The van der Waals surface area contributed by atoms with E-state index in [1.807, 2.05) is 42.5 Å². The van der Waals surface area contributed by atoms with Crippen LogP contribution in [0.25, 0.3) is 5.69 Å². The van der Waals surface area contributed by atoms with Gasteiger partial charge in [-0.05, 0) is 71.4 Å². The molecule has 0 aliphatic carbocycles. The normalized spacial score (nSPS) is 11.6. The van der Waals surface area contributed by atoms with Crippen LogP contribution in [0.2, 0.25) is 0 Å². The Morgan fingerprint density at radius 3 is 2.24 bits per heavy atom. The van der Waals surface area contributed by atoms with Crippen LogP contribution in [0.15, 0.2) is 85.2 Å². The molecule has 144 valence electrons. The lowest BCUT2D eigenvalue weighted by atomic mass is 10.1. The van der Waals surface area contributed by atoms with Crippen molar-refractivity contribution < 1.29 is 4.79 Å². The van der Waals surface area contributed by atoms with E-state index in [0.29, 0.717) is 5.56 Å². The van der Waals surface area contributed by atoms with Crippen LogP contribution < -0.4 is 10.6 Å². The van der Waals surface area contributed by atoms with Gasteiger partial charge in [-0.15, -0.1) is 5.10 Å². The molecule has 0 aliphatic rings. The standard InChI is InChI=1S/C22H20N6O/c1-16(17-5-3-2-4-6-17)24-19-9-11-20(12-10-19)25-22(29)18-7-13-21(14-8-18)28-15-23-26-27-28/h2-16,24H,1H3,(H,25,29). The van der Waals surface area contributed by atoms with Crippen LogP contribution in [-0.2, 0) is 0 Å². The fourth-order valence-corrected chi connectivity index (χ4v) is 2.97. The topological polar surface area (TPSA) is 84.7 Å². The third kappa shape index (κ3) is 4.47. The second kappa shape index (κ2) is 8.35. The minimum Gasteiger partial charge on any atom is -0.379 e. The smallest absolute Gasteiger partial charge is 0.255 e. The summed E-state index contributed by atoms with van der Waals surface area (Å²) in [6.45, 7) is 2.12. The molecule has 0 radical (unpaired) electrons. The van der Waals surface area contributed by atoms with Gasteiger partial charge < -0.3 is 10.6 Å². The van der Waals surface area contributed by atoms with Crippen molar-refractivity contribution in [2.45, 2.75) is 13.0 Å². The first kappa shape index (κ1) is 18.4. The molecule has 3 aromatic carbocycles. The zero-order valence-corrected chi connectivity index (χ0v) is 15.9. The summed E-state index contributed by atoms with van der Waals surface area (Å²) < 4.78 is 1.53. The van der Waals surface area contributed by atoms with Crippen molar-refractivity contribution in [1.82, 2.24) is 20.2 Å². The van der Waals surface area contributed by atoms with E-state index < -0.39 is 0 Å². The van der Waals surface area contributed by atoms with Crippen molar-refractivity contribution in [2.75, 3.05) is 10.6 Å². The van der Waals surface area contributed by atoms with Gasteiger partial charge >= 0.3 is 0 Å². The molecule has 7 nitrogen and oxygen atoms in total. The highest BCUT2D eigenvalue weighted by Gasteiger charge is 2.08. The van der Waals surface area contributed by atoms with Gasteiger partial charge in [-0.2, -0.15) is 0 Å². The Morgan fingerprint density at radius 1 is 0.897 bits per heavy atom. The fraction of sp³-hybridized carbons (Fsp3) is 0.0909. The van der Waals surface area contributed by atoms with Crippen molar-refractivity contribution in [3.8, 4) is 5.69 Å². The number of nitrogens with one attached hydrogen (secondary N) is 2. The molecule has 1 unspecified atom stereocenters. The van der Waals surface area contributed by atoms with E-state index in [2.05, 4.69) is 45.2 Å². The Bertz CT molecular complexity index is 1060. The average Bonchev–Trinajstić information content (AvgIpc) is 3.31. The van der Waals surface area contributed by atoms with Crippen LogP contribution in [0.4, 0.5) is 11.4 Å². The number of tetrazole rings is 1. The molecule has 4 rings (SSSR count). The number of hydrogen-bond acceptors (Lipinski definition) is 5. The number of hydrogen-bond donors (Lipinski definition) is 2. The van der Waals surface area contributed by atoms with Crippen LogP contribution in [0.5, 0.6) is 0 Å². The number of aromatic nitrogens is 4. The molecule has 0 bridgehead atoms. The zero-order chi connectivity index (χ0) is 20.1. The minimum atomic E-state index is -0.174. The highest BCUT2D eigenvalue weighted by atomic mass is 16.1. The predicted octanol–water partition coefficient (Wildman–Crippen LogP) is 4.09. The molecule has 7 heteroatoms. The van der Waals surface area contributed by atoms with E-state index in [1.54, 1.807) is 24.3 Å². The molecular weight excluding hydrogens is 364 g/mol. The maximum absolute atomic E-state index is 12.5. The van der Waals surface area contributed by atoms with Crippen LogP contribution in [0.3, 0.4) is 0 Å². The third-order valence-electron chi connectivity index (χ3n) is 4.57. The fourth-order valence-electron chi connectivity index (χ4n) is 2.97. The van der Waals surface area contributed by atoms with Gasteiger partial charge in [0, 0.05) is 23.0 Å². The first-order valence-corrected chi connectivity index (χ1v) is 9.25. The maximum Gasteiger partial charge on any atom is 0.255 e. The molecule has 1 amide bonds. The Kier molecular flexibility index (Phi) is 5.29. The lowest BCUT2D eigenvalue weighted by Crippen LogP contribution is -2.12. The molecule has 0 saturated carbocycles. The number of rotatable bonds is 6. The summed E-state index contributed by atoms with van der Waals surface area (Å²) in [5, 5.41) is 17.4. The predicted molar refractivity (Wildman–Crippen MR) is 112 cm³/mol. The summed E-state index contributed by atoms with van der Waals surface area (Å²) in [4.78, 5) is 12.5. The molecule has 4 aromatic rings. The van der Waals surface area contributed by atoms with E-state index in [-0.39, 0.29) is 11.9 Å². The number of anilines is 2. The number of carbonyl (C=O) groups excluding carboxylic acids is 1. The molecule has 1 heterocycles. The van der Waals surface area contributed by atoms with Crippen molar-refractivity contribution >= 4 is 17.3 Å². The van der Waals surface area contributed by atoms with Gasteiger partial charge in [0.05, 0.1) is 5.69 Å². The number of amides is 1. The van der Waals surface area contributed by atoms with Crippen LogP contribution in [0, 0.1) is 0 Å². The van der Waals surface area contributed by atoms with E-state index in [9.17, 15) is 4.79 Å². The van der Waals surface area contributed by atoms with E-state index in [0.717, 1.165) is 17.1 Å². The quantitative estimate of drug-likeness (QED) is 0.523. The SMILES string of the molecule is CC(Nc1ccc(NC(=O)c2ccc(-n3cnnn3)cc2)cc1)c1ccccc1. The second-order valence-corrected chi connectivity index (χ2v) is 6.61. The molecule has 2 N–H and O–H groups in total. The first-order chi connectivity index (χ1) is 14.2. The van der Waals surface area contributed by atoms with E-state index >= 15 is 0 Å². The Morgan fingerprint density at radius 2 is 1.59 bits per heavy atom. The van der Waals surface area contributed by atoms with Gasteiger partial charge in [-0.3, -0.25) is 4.79 Å². The summed E-state index contributed by atoms with van der Waals surface area (Å²) >= 11 is 0. The monoisotopic (exact) mass is 384 g/mol. The van der Waals surface area contributed by atoms with Gasteiger partial charge in [-0.25, -0.2) is 4.68 Å². The van der Waals surface area contributed by atoms with Gasteiger partial charge in [0.2, 0.25) is 0 Å². The summed E-state index contributed by atoms with van der Waals surface area (Å²) in [6.07, 6.45) is 1.50. The maximum atomic E-state index is 12.5. The van der Waals surface area contributed by atoms with Crippen molar-refractivity contribution in [3.05, 3.63) is 96.3 Å². The molecular formula is C22H20N6O. The summed E-state index contributed by atoms with van der Waals surface area (Å²) in [5.74, 6) is -0.174. The molecule has 0 aliphatic heterocycles. The Labute approximate surface area is 168 Å². The highest BCUT2D eigenvalue weighted by Crippen LogP contribution is 2.21. The van der Waals surface area contributed by atoms with Gasteiger partial charge in [-0.1, -0.05) is 30.3 Å². The van der Waals surface area contributed by atoms with Crippen LogP contribution >= 0.6 is 0 Å². The summed E-state index contributed by atoms with van der Waals surface area (Å²) in [7, 11) is 0. The first-order valence-electron chi connectivity index (χ1n) is 9.25. The third-order valence-corrected chi connectivity index (χ3v) is 4.57. The Hall–Kier alpha value is -4.00. The zero-order valence-electron chi connectivity index (χ0n) is 15.9. The van der Waals surface area contributed by atoms with E-state index in [4.69, 9.17) is 0 Å². The van der Waals surface area contributed by atoms with Gasteiger partial charge in [0.15, 0.2) is 0 Å². The molecule has 0 fully saturated rings. The molecule has 1 atom stereocenters. The van der Waals surface area contributed by atoms with Crippen LogP contribution in [0.1, 0.15) is 28.9 Å². The van der Waals surface area contributed by atoms with Crippen LogP contribution in [-0.4, -0.2) is 26.1 Å². The second-order valence-electron chi connectivity index (χ2n) is 6.61. The molecule has 0 saturated heterocycles.